The number of anilines is 1. The number of thioether (sulfide) groups is 1. The van der Waals surface area contributed by atoms with Gasteiger partial charge in [-0.15, -0.1) is 5.10 Å². The Morgan fingerprint density at radius 2 is 1.86 bits per heavy atom. The fraction of sp³-hybridized carbons (Fsp3) is 0.200. The summed E-state index contributed by atoms with van der Waals surface area (Å²) < 4.78 is 5.09. The summed E-state index contributed by atoms with van der Waals surface area (Å²) in [6, 6.07) is 13.4. The van der Waals surface area contributed by atoms with Crippen molar-refractivity contribution in [3.8, 4) is 11.5 Å². The molecule has 0 bridgehead atoms. The normalized spacial score (nSPS) is 17.7. The van der Waals surface area contributed by atoms with Gasteiger partial charge >= 0.3 is 0 Å². The Balaban J connectivity index is 1.70. The average molecular weight is 412 g/mol. The predicted molar refractivity (Wildman–Crippen MR) is 113 cm³/mol. The Bertz CT molecular complexity index is 988. The number of para-hydroxylation sites is 1. The summed E-state index contributed by atoms with van der Waals surface area (Å²) >= 11 is 0.988. The first-order valence-corrected chi connectivity index (χ1v) is 9.62. The number of methoxy groups -OCH3 is 1. The summed E-state index contributed by atoms with van der Waals surface area (Å²) in [7, 11) is 1.54. The fourth-order valence-electron chi connectivity index (χ4n) is 2.83. The van der Waals surface area contributed by atoms with Crippen LogP contribution in [0, 0.1) is 0 Å². The first-order chi connectivity index (χ1) is 13.9. The van der Waals surface area contributed by atoms with Crippen LogP contribution in [0.15, 0.2) is 58.7 Å². The van der Waals surface area contributed by atoms with Crippen LogP contribution in [0.5, 0.6) is 11.5 Å². The molecule has 2 amide bonds. The molecular weight excluding hydrogens is 392 g/mol. The van der Waals surface area contributed by atoms with E-state index in [4.69, 9.17) is 10.5 Å². The molecule has 3 rings (SSSR count). The number of benzene rings is 2. The number of imide groups is 1. The third kappa shape index (κ3) is 4.57. The number of ether oxygens (including phenoxy) is 1. The van der Waals surface area contributed by atoms with Crippen molar-refractivity contribution in [1.29, 1.82) is 0 Å². The maximum absolute atomic E-state index is 12.7. The molecule has 0 spiro atoms. The average Bonchev–Trinajstić information content (AvgIpc) is 2.99. The second kappa shape index (κ2) is 8.78. The van der Waals surface area contributed by atoms with Gasteiger partial charge in [0.1, 0.15) is 16.7 Å². The number of hydrogen-bond donors (Lipinski definition) is 2. The second-order valence-electron chi connectivity index (χ2n) is 6.22. The molecule has 1 aliphatic rings. The molecule has 2 aromatic rings. The first-order valence-electron chi connectivity index (χ1n) is 8.74. The molecule has 29 heavy (non-hydrogen) atoms. The molecule has 1 aliphatic heterocycles. The van der Waals surface area contributed by atoms with E-state index in [-0.39, 0.29) is 29.2 Å². The minimum atomic E-state index is -0.672. The summed E-state index contributed by atoms with van der Waals surface area (Å²) in [6.45, 7) is 1.69. The molecule has 1 unspecified atom stereocenters. The van der Waals surface area contributed by atoms with Gasteiger partial charge in [-0.2, -0.15) is 5.10 Å². The zero-order valence-electron chi connectivity index (χ0n) is 15.9. The van der Waals surface area contributed by atoms with Crippen molar-refractivity contribution in [2.75, 3.05) is 12.0 Å². The van der Waals surface area contributed by atoms with Crippen molar-refractivity contribution in [3.05, 3.63) is 54.1 Å². The number of amides is 2. The quantitative estimate of drug-likeness (QED) is 0.337. The molecule has 2 aromatic carbocycles. The lowest BCUT2D eigenvalue weighted by Gasteiger charge is -2.15. The van der Waals surface area contributed by atoms with Gasteiger partial charge in [0.05, 0.1) is 18.5 Å². The minimum Gasteiger partial charge on any atom is -0.507 e. The second-order valence-corrected chi connectivity index (χ2v) is 7.44. The zero-order chi connectivity index (χ0) is 21.0. The van der Waals surface area contributed by atoms with Gasteiger partial charge < -0.3 is 15.6 Å². The molecule has 0 aliphatic carbocycles. The van der Waals surface area contributed by atoms with Crippen molar-refractivity contribution in [2.24, 2.45) is 15.9 Å². The van der Waals surface area contributed by atoms with Crippen LogP contribution in [0.25, 0.3) is 0 Å². The fourth-order valence-corrected chi connectivity index (χ4v) is 3.64. The van der Waals surface area contributed by atoms with Crippen LogP contribution in [0.4, 0.5) is 5.69 Å². The molecule has 3 N–H and O–H groups in total. The highest BCUT2D eigenvalue weighted by molar-refractivity contribution is 8.14. The lowest BCUT2D eigenvalue weighted by molar-refractivity contribution is -0.121. The Kier molecular flexibility index (Phi) is 6.18. The Morgan fingerprint density at radius 1 is 1.17 bits per heavy atom. The molecule has 0 aromatic heterocycles. The number of aromatic hydroxyl groups is 1. The molecule has 8 nitrogen and oxygen atoms in total. The molecule has 1 fully saturated rings. The Hall–Kier alpha value is -3.33. The Labute approximate surface area is 172 Å². The molecule has 1 atom stereocenters. The van der Waals surface area contributed by atoms with Crippen LogP contribution in [-0.4, -0.2) is 40.2 Å². The van der Waals surface area contributed by atoms with E-state index in [0.29, 0.717) is 22.7 Å². The van der Waals surface area contributed by atoms with E-state index in [1.54, 1.807) is 62.6 Å². The summed E-state index contributed by atoms with van der Waals surface area (Å²) in [5, 5.41) is 17.2. The SMILES string of the molecule is COc1ccc(N2C(=O)CC(SC(N)=NN=C(C)c3ccccc3O)C2=O)cc1. The number of phenols is 1. The number of hydrogen-bond acceptors (Lipinski definition) is 7. The highest BCUT2D eigenvalue weighted by atomic mass is 32.2. The minimum absolute atomic E-state index is 0.0217. The maximum atomic E-state index is 12.7. The van der Waals surface area contributed by atoms with E-state index < -0.39 is 5.25 Å². The number of rotatable bonds is 5. The van der Waals surface area contributed by atoms with Gasteiger partial charge in [-0.25, -0.2) is 4.90 Å². The lowest BCUT2D eigenvalue weighted by Crippen LogP contribution is -2.31. The van der Waals surface area contributed by atoms with Crippen molar-refractivity contribution in [1.82, 2.24) is 0 Å². The van der Waals surface area contributed by atoms with Crippen molar-refractivity contribution in [3.63, 3.8) is 0 Å². The van der Waals surface area contributed by atoms with Crippen LogP contribution in [0.3, 0.4) is 0 Å². The smallest absolute Gasteiger partial charge is 0.247 e. The third-order valence-corrected chi connectivity index (χ3v) is 5.27. The van der Waals surface area contributed by atoms with Crippen LogP contribution in [-0.2, 0) is 9.59 Å². The lowest BCUT2D eigenvalue weighted by atomic mass is 10.1. The number of phenolic OH excluding ortho intramolecular Hbond substituents is 1. The molecule has 0 saturated carbocycles. The largest absolute Gasteiger partial charge is 0.507 e. The zero-order valence-corrected chi connectivity index (χ0v) is 16.7. The van der Waals surface area contributed by atoms with E-state index in [1.165, 1.54) is 0 Å². The molecule has 150 valence electrons. The predicted octanol–water partition coefficient (Wildman–Crippen LogP) is 2.50. The standard InChI is InChI=1S/C20H20N4O4S/c1-12(15-5-3-4-6-16(15)25)22-23-20(21)29-17-11-18(26)24(19(17)27)13-7-9-14(28-2)10-8-13/h3-10,17,25H,11H2,1-2H3,(H2,21,23). The van der Waals surface area contributed by atoms with E-state index in [1.807, 2.05) is 0 Å². The number of nitrogens with zero attached hydrogens (tertiary/aromatic N) is 3. The van der Waals surface area contributed by atoms with Crippen molar-refractivity contribution >= 4 is 40.1 Å². The van der Waals surface area contributed by atoms with Crippen molar-refractivity contribution < 1.29 is 19.4 Å². The molecular formula is C20H20N4O4S. The number of nitrogens with two attached hydrogens (primary N) is 1. The van der Waals surface area contributed by atoms with Crippen LogP contribution < -0.4 is 15.4 Å². The van der Waals surface area contributed by atoms with E-state index in [9.17, 15) is 14.7 Å². The van der Waals surface area contributed by atoms with Gasteiger partial charge in [-0.3, -0.25) is 9.59 Å². The highest BCUT2D eigenvalue weighted by Crippen LogP contribution is 2.30. The maximum Gasteiger partial charge on any atom is 0.247 e. The van der Waals surface area contributed by atoms with Crippen LogP contribution in [0.1, 0.15) is 18.9 Å². The Morgan fingerprint density at radius 3 is 2.52 bits per heavy atom. The molecule has 0 radical (unpaired) electrons. The molecule has 9 heteroatoms. The number of amidine groups is 1. The monoisotopic (exact) mass is 412 g/mol. The van der Waals surface area contributed by atoms with E-state index in [0.717, 1.165) is 16.7 Å². The van der Waals surface area contributed by atoms with Gasteiger partial charge in [0.25, 0.3) is 0 Å². The first kappa shape index (κ1) is 20.4. The van der Waals surface area contributed by atoms with Crippen LogP contribution >= 0.6 is 11.8 Å². The van der Waals surface area contributed by atoms with Gasteiger partial charge in [0, 0.05) is 12.0 Å². The highest BCUT2D eigenvalue weighted by Gasteiger charge is 2.40. The number of carbonyl (C=O) groups excluding carboxylic acids is 2. The summed E-state index contributed by atoms with van der Waals surface area (Å²) in [5.74, 6) is 0.0544. The van der Waals surface area contributed by atoms with Gasteiger partial charge in [0.15, 0.2) is 5.17 Å². The van der Waals surface area contributed by atoms with Gasteiger partial charge in [-0.1, -0.05) is 23.9 Å². The number of carbonyl (C=O) groups is 2. The van der Waals surface area contributed by atoms with E-state index in [2.05, 4.69) is 10.2 Å². The third-order valence-electron chi connectivity index (χ3n) is 4.29. The molecule has 1 heterocycles. The summed E-state index contributed by atoms with van der Waals surface area (Å²) in [6.07, 6.45) is 0.0217. The van der Waals surface area contributed by atoms with E-state index >= 15 is 0 Å². The summed E-state index contributed by atoms with van der Waals surface area (Å²) in [4.78, 5) is 26.2. The molecule has 1 saturated heterocycles. The van der Waals surface area contributed by atoms with Crippen molar-refractivity contribution in [2.45, 2.75) is 18.6 Å². The van der Waals surface area contributed by atoms with Gasteiger partial charge in [-0.05, 0) is 43.3 Å². The summed E-state index contributed by atoms with van der Waals surface area (Å²) in [5.41, 5.74) is 7.38. The topological polar surface area (TPSA) is 118 Å². The van der Waals surface area contributed by atoms with Gasteiger partial charge in [0.2, 0.25) is 11.8 Å². The van der Waals surface area contributed by atoms with Crippen LogP contribution in [0.2, 0.25) is 0 Å².